The van der Waals surface area contributed by atoms with Gasteiger partial charge in [-0.3, -0.25) is 4.99 Å². The number of nitrogens with zero attached hydrogens (tertiary/aromatic N) is 3. The lowest BCUT2D eigenvalue weighted by atomic mass is 10.1. The van der Waals surface area contributed by atoms with Crippen LogP contribution in [-0.4, -0.2) is 63.7 Å². The molecule has 0 bridgehead atoms. The third kappa shape index (κ3) is 5.72. The summed E-state index contributed by atoms with van der Waals surface area (Å²) in [5.74, 6) is 1.66. The zero-order valence-corrected chi connectivity index (χ0v) is 19.0. The van der Waals surface area contributed by atoms with Crippen molar-refractivity contribution in [1.29, 1.82) is 0 Å². The Morgan fingerprint density at radius 2 is 2.04 bits per heavy atom. The highest BCUT2D eigenvalue weighted by Crippen LogP contribution is 2.28. The fraction of sp³-hybridized carbons (Fsp3) is 0.611. The van der Waals surface area contributed by atoms with Crippen molar-refractivity contribution in [2.45, 2.75) is 18.9 Å². The van der Waals surface area contributed by atoms with E-state index in [4.69, 9.17) is 0 Å². The van der Waals surface area contributed by atoms with Crippen molar-refractivity contribution in [3.05, 3.63) is 28.7 Å². The van der Waals surface area contributed by atoms with Gasteiger partial charge in [-0.2, -0.15) is 0 Å². The molecule has 140 valence electrons. The number of hydrogen-bond acceptors (Lipinski definition) is 3. The summed E-state index contributed by atoms with van der Waals surface area (Å²) >= 11 is 3.66. The van der Waals surface area contributed by atoms with Crippen molar-refractivity contribution in [1.82, 2.24) is 15.5 Å². The second-order valence-corrected chi connectivity index (χ2v) is 7.75. The van der Waals surface area contributed by atoms with Crippen LogP contribution >= 0.6 is 39.9 Å². The van der Waals surface area contributed by atoms with Crippen molar-refractivity contribution in [3.63, 3.8) is 0 Å². The lowest BCUT2D eigenvalue weighted by Crippen LogP contribution is -2.46. The summed E-state index contributed by atoms with van der Waals surface area (Å²) in [6.07, 6.45) is 2.41. The maximum atomic E-state index is 4.40. The Labute approximate surface area is 176 Å². The van der Waals surface area contributed by atoms with Crippen LogP contribution < -0.4 is 15.5 Å². The molecule has 0 radical (unpaired) electrons. The van der Waals surface area contributed by atoms with Crippen molar-refractivity contribution in [2.75, 3.05) is 51.7 Å². The summed E-state index contributed by atoms with van der Waals surface area (Å²) in [5.41, 5.74) is 1.28. The highest BCUT2D eigenvalue weighted by Gasteiger charge is 2.25. The minimum atomic E-state index is 0. The zero-order valence-electron chi connectivity index (χ0n) is 15.0. The monoisotopic (exact) mass is 521 g/mol. The van der Waals surface area contributed by atoms with Crippen molar-refractivity contribution >= 4 is 51.6 Å². The molecule has 2 unspecified atom stereocenters. The number of rotatable bonds is 4. The molecule has 2 aliphatic heterocycles. The molecule has 7 heteroatoms. The fourth-order valence-electron chi connectivity index (χ4n) is 3.63. The van der Waals surface area contributed by atoms with Crippen molar-refractivity contribution < 1.29 is 0 Å². The second kappa shape index (κ2) is 9.97. The van der Waals surface area contributed by atoms with Gasteiger partial charge in [0, 0.05) is 43.7 Å². The smallest absolute Gasteiger partial charge is 0.191 e. The average molecular weight is 522 g/mol. The van der Waals surface area contributed by atoms with Gasteiger partial charge in [0.15, 0.2) is 5.96 Å². The van der Waals surface area contributed by atoms with Gasteiger partial charge in [-0.1, -0.05) is 12.1 Å². The Kier molecular flexibility index (Phi) is 8.28. The van der Waals surface area contributed by atoms with Gasteiger partial charge in [-0.15, -0.1) is 24.0 Å². The fourth-order valence-corrected chi connectivity index (χ4v) is 4.16. The molecule has 1 aromatic rings. The van der Waals surface area contributed by atoms with E-state index in [2.05, 4.69) is 72.7 Å². The minimum absolute atomic E-state index is 0. The van der Waals surface area contributed by atoms with E-state index in [9.17, 15) is 0 Å². The van der Waals surface area contributed by atoms with Gasteiger partial charge in [-0.25, -0.2) is 0 Å². The van der Waals surface area contributed by atoms with Gasteiger partial charge in [0.05, 0.1) is 5.69 Å². The Hall–Kier alpha value is -0.540. The van der Waals surface area contributed by atoms with Crippen molar-refractivity contribution in [3.8, 4) is 0 Å². The maximum absolute atomic E-state index is 4.40. The predicted octanol–water partition coefficient (Wildman–Crippen LogP) is 2.76. The number of nitrogens with one attached hydrogen (secondary N) is 2. The molecular weight excluding hydrogens is 493 g/mol. The van der Waals surface area contributed by atoms with E-state index in [1.807, 2.05) is 7.05 Å². The highest BCUT2D eigenvalue weighted by molar-refractivity contribution is 14.0. The van der Waals surface area contributed by atoms with Crippen LogP contribution in [0.3, 0.4) is 0 Å². The maximum Gasteiger partial charge on any atom is 0.191 e. The zero-order chi connectivity index (χ0) is 16.9. The number of para-hydroxylation sites is 1. The molecule has 2 aliphatic rings. The lowest BCUT2D eigenvalue weighted by Gasteiger charge is -2.22. The molecule has 5 nitrogen and oxygen atoms in total. The summed E-state index contributed by atoms with van der Waals surface area (Å²) in [6.45, 7) is 5.48. The second-order valence-electron chi connectivity index (χ2n) is 6.90. The summed E-state index contributed by atoms with van der Waals surface area (Å²) in [6, 6.07) is 8.88. The van der Waals surface area contributed by atoms with Crippen LogP contribution in [0.25, 0.3) is 0 Å². The number of benzene rings is 1. The van der Waals surface area contributed by atoms with Gasteiger partial charge in [0.25, 0.3) is 0 Å². The summed E-state index contributed by atoms with van der Waals surface area (Å²) in [7, 11) is 4.05. The van der Waals surface area contributed by atoms with Gasteiger partial charge >= 0.3 is 0 Å². The van der Waals surface area contributed by atoms with Crippen LogP contribution in [0.4, 0.5) is 5.69 Å². The van der Waals surface area contributed by atoms with E-state index in [-0.39, 0.29) is 24.0 Å². The number of hydrogen-bond donors (Lipinski definition) is 2. The first-order chi connectivity index (χ1) is 11.7. The standard InChI is InChI=1S/C18H28BrN5.HI/c1-20-18(21-11-14-7-9-23(2)12-14)22-15-8-10-24(13-15)17-6-4-3-5-16(17)19;/h3-6,14-15H,7-13H2,1-2H3,(H2,20,21,22);1H. The molecule has 2 heterocycles. The molecule has 0 saturated carbocycles. The minimum Gasteiger partial charge on any atom is -0.368 e. The molecule has 0 aromatic heterocycles. The third-order valence-electron chi connectivity index (χ3n) is 4.99. The summed E-state index contributed by atoms with van der Waals surface area (Å²) < 4.78 is 1.17. The Balaban J connectivity index is 0.00000225. The number of anilines is 1. The van der Waals surface area contributed by atoms with Gasteiger partial charge < -0.3 is 20.4 Å². The number of likely N-dealkylation sites (tertiary alicyclic amines) is 1. The molecule has 2 N–H and O–H groups in total. The molecule has 0 amide bonds. The SMILES string of the molecule is CN=C(NCC1CCN(C)C1)NC1CCN(c2ccccc2Br)C1.I. The molecule has 2 fully saturated rings. The first-order valence-electron chi connectivity index (χ1n) is 8.81. The van der Waals surface area contributed by atoms with Crippen molar-refractivity contribution in [2.24, 2.45) is 10.9 Å². The van der Waals surface area contributed by atoms with Crippen LogP contribution in [0.1, 0.15) is 12.8 Å². The third-order valence-corrected chi connectivity index (χ3v) is 5.66. The Bertz CT molecular complexity index is 582. The highest BCUT2D eigenvalue weighted by atomic mass is 127. The molecule has 3 rings (SSSR count). The number of guanidine groups is 1. The number of aliphatic imine (C=N–C) groups is 1. The number of halogens is 2. The van der Waals surface area contributed by atoms with Gasteiger partial charge in [0.2, 0.25) is 0 Å². The Morgan fingerprint density at radius 3 is 2.72 bits per heavy atom. The first-order valence-corrected chi connectivity index (χ1v) is 9.60. The molecule has 2 atom stereocenters. The van der Waals surface area contributed by atoms with Crippen LogP contribution in [0.5, 0.6) is 0 Å². The van der Waals surface area contributed by atoms with E-state index in [1.165, 1.54) is 29.7 Å². The normalized spacial score (nSPS) is 24.3. The largest absolute Gasteiger partial charge is 0.368 e. The van der Waals surface area contributed by atoms with E-state index in [0.29, 0.717) is 6.04 Å². The molecule has 0 spiro atoms. The van der Waals surface area contributed by atoms with Crippen LogP contribution in [0.2, 0.25) is 0 Å². The van der Waals surface area contributed by atoms with E-state index < -0.39 is 0 Å². The average Bonchev–Trinajstić information content (AvgIpc) is 3.21. The molecular formula is C18H29BrIN5. The quantitative estimate of drug-likeness (QED) is 0.363. The van der Waals surface area contributed by atoms with E-state index in [1.54, 1.807) is 0 Å². The van der Waals surface area contributed by atoms with Gasteiger partial charge in [0.1, 0.15) is 0 Å². The van der Waals surface area contributed by atoms with Crippen LogP contribution in [0, 0.1) is 5.92 Å². The molecule has 25 heavy (non-hydrogen) atoms. The van der Waals surface area contributed by atoms with Crippen LogP contribution in [0.15, 0.2) is 33.7 Å². The summed E-state index contributed by atoms with van der Waals surface area (Å²) in [4.78, 5) is 9.23. The van der Waals surface area contributed by atoms with Gasteiger partial charge in [-0.05, 0) is 60.4 Å². The summed E-state index contributed by atoms with van der Waals surface area (Å²) in [5, 5.41) is 7.10. The predicted molar refractivity (Wildman–Crippen MR) is 120 cm³/mol. The van der Waals surface area contributed by atoms with E-state index >= 15 is 0 Å². The first kappa shape index (κ1) is 20.8. The molecule has 1 aromatic carbocycles. The molecule has 2 saturated heterocycles. The topological polar surface area (TPSA) is 42.9 Å². The lowest BCUT2D eigenvalue weighted by molar-refractivity contribution is 0.393. The molecule has 0 aliphatic carbocycles. The van der Waals surface area contributed by atoms with E-state index in [0.717, 1.165) is 37.9 Å². The Morgan fingerprint density at radius 1 is 1.24 bits per heavy atom. The van der Waals surface area contributed by atoms with Crippen LogP contribution in [-0.2, 0) is 0 Å².